The average molecular weight is 205 g/mol. The molecule has 0 radical (unpaired) electrons. The molecule has 0 heterocycles. The van der Waals surface area contributed by atoms with Crippen molar-refractivity contribution in [3.8, 4) is 0 Å². The molecule has 1 heteroatoms. The zero-order chi connectivity index (χ0) is 11.5. The number of hydrogen-bond donors (Lipinski definition) is 1. The summed E-state index contributed by atoms with van der Waals surface area (Å²) in [5.41, 5.74) is 2.44. The van der Waals surface area contributed by atoms with Crippen molar-refractivity contribution in [2.45, 2.75) is 32.6 Å². The molecule has 0 aliphatic carbocycles. The van der Waals surface area contributed by atoms with Gasteiger partial charge in [0.15, 0.2) is 0 Å². The van der Waals surface area contributed by atoms with Gasteiger partial charge >= 0.3 is 0 Å². The van der Waals surface area contributed by atoms with E-state index in [2.05, 4.69) is 43.6 Å². The molecule has 84 valence electrons. The van der Waals surface area contributed by atoms with Crippen LogP contribution in [-0.2, 0) is 0 Å². The van der Waals surface area contributed by atoms with E-state index in [4.69, 9.17) is 0 Å². The van der Waals surface area contributed by atoms with Crippen molar-refractivity contribution in [3.05, 3.63) is 48.7 Å². The summed E-state index contributed by atoms with van der Waals surface area (Å²) in [4.78, 5) is 0. The maximum atomic E-state index is 3.89. The van der Waals surface area contributed by atoms with Crippen molar-refractivity contribution in [1.29, 1.82) is 0 Å². The predicted octanol–water partition coefficient (Wildman–Crippen LogP) is 3.97. The Kier molecular flexibility index (Phi) is 8.55. The summed E-state index contributed by atoms with van der Waals surface area (Å²) in [5.74, 6) is 0. The first-order valence-electron chi connectivity index (χ1n) is 5.58. The standard InChI is InChI=1S/C14H23N/c1-5-10-14(6-2)12-9-7-8-11-13(3)15-4/h5,9-10,12,15H,1,3,6-8,11H2,2,4H3/b12-9-,14-10-. The lowest BCUT2D eigenvalue weighted by atomic mass is 10.1. The van der Waals surface area contributed by atoms with E-state index in [-0.39, 0.29) is 0 Å². The quantitative estimate of drug-likeness (QED) is 0.467. The van der Waals surface area contributed by atoms with Gasteiger partial charge in [-0.1, -0.05) is 44.4 Å². The van der Waals surface area contributed by atoms with Crippen molar-refractivity contribution >= 4 is 0 Å². The van der Waals surface area contributed by atoms with Crippen molar-refractivity contribution in [2.75, 3.05) is 7.05 Å². The minimum Gasteiger partial charge on any atom is -0.392 e. The van der Waals surface area contributed by atoms with Crippen molar-refractivity contribution < 1.29 is 0 Å². The van der Waals surface area contributed by atoms with E-state index in [1.54, 1.807) is 0 Å². The van der Waals surface area contributed by atoms with E-state index in [0.717, 1.165) is 31.4 Å². The van der Waals surface area contributed by atoms with Crippen LogP contribution in [-0.4, -0.2) is 7.05 Å². The molecule has 0 aliphatic rings. The van der Waals surface area contributed by atoms with Crippen LogP contribution in [0.1, 0.15) is 32.6 Å². The molecule has 15 heavy (non-hydrogen) atoms. The number of hydrogen-bond acceptors (Lipinski definition) is 1. The minimum atomic E-state index is 1.05. The fraction of sp³-hybridized carbons (Fsp3) is 0.429. The van der Waals surface area contributed by atoms with Gasteiger partial charge in [-0.15, -0.1) is 0 Å². The van der Waals surface area contributed by atoms with E-state index < -0.39 is 0 Å². The smallest absolute Gasteiger partial charge is 0.00311 e. The third kappa shape index (κ3) is 7.80. The van der Waals surface area contributed by atoms with Gasteiger partial charge in [0.2, 0.25) is 0 Å². The molecule has 0 aliphatic heterocycles. The first-order valence-corrected chi connectivity index (χ1v) is 5.58. The van der Waals surface area contributed by atoms with E-state index in [0.29, 0.717) is 0 Å². The summed E-state index contributed by atoms with van der Waals surface area (Å²) in [6.07, 6.45) is 12.7. The van der Waals surface area contributed by atoms with Crippen LogP contribution in [0, 0.1) is 0 Å². The second-order valence-corrected chi connectivity index (χ2v) is 3.48. The number of rotatable bonds is 8. The third-order valence-corrected chi connectivity index (χ3v) is 2.28. The Hall–Kier alpha value is -1.24. The Morgan fingerprint density at radius 1 is 1.40 bits per heavy atom. The first kappa shape index (κ1) is 13.8. The zero-order valence-corrected chi connectivity index (χ0v) is 10.1. The van der Waals surface area contributed by atoms with Crippen molar-refractivity contribution in [3.63, 3.8) is 0 Å². The summed E-state index contributed by atoms with van der Waals surface area (Å²) in [6, 6.07) is 0. The van der Waals surface area contributed by atoms with Crippen molar-refractivity contribution in [2.24, 2.45) is 0 Å². The molecule has 0 unspecified atom stereocenters. The van der Waals surface area contributed by atoms with E-state index in [9.17, 15) is 0 Å². The summed E-state index contributed by atoms with van der Waals surface area (Å²) < 4.78 is 0. The van der Waals surface area contributed by atoms with E-state index >= 15 is 0 Å². The molecule has 0 saturated heterocycles. The molecule has 1 nitrogen and oxygen atoms in total. The molecular weight excluding hydrogens is 182 g/mol. The van der Waals surface area contributed by atoms with Crippen LogP contribution in [0.5, 0.6) is 0 Å². The highest BCUT2D eigenvalue weighted by Gasteiger charge is 1.89. The molecule has 0 saturated carbocycles. The molecule has 0 fully saturated rings. The van der Waals surface area contributed by atoms with Crippen LogP contribution in [0.15, 0.2) is 48.7 Å². The Morgan fingerprint density at radius 2 is 2.13 bits per heavy atom. The van der Waals surface area contributed by atoms with Gasteiger partial charge in [0.25, 0.3) is 0 Å². The summed E-state index contributed by atoms with van der Waals surface area (Å²) >= 11 is 0. The van der Waals surface area contributed by atoms with Gasteiger partial charge in [0.05, 0.1) is 0 Å². The van der Waals surface area contributed by atoms with Gasteiger partial charge in [-0.2, -0.15) is 0 Å². The maximum Gasteiger partial charge on any atom is 0.00311 e. The molecule has 1 N–H and O–H groups in total. The van der Waals surface area contributed by atoms with Crippen LogP contribution in [0.2, 0.25) is 0 Å². The highest BCUT2D eigenvalue weighted by atomic mass is 14.8. The van der Waals surface area contributed by atoms with Crippen molar-refractivity contribution in [1.82, 2.24) is 5.32 Å². The number of allylic oxidation sites excluding steroid dienone is 6. The van der Waals surface area contributed by atoms with Crippen LogP contribution < -0.4 is 5.32 Å². The summed E-state index contributed by atoms with van der Waals surface area (Å²) in [6.45, 7) is 9.74. The van der Waals surface area contributed by atoms with Crippen LogP contribution in [0.25, 0.3) is 0 Å². The van der Waals surface area contributed by atoms with Gasteiger partial charge in [-0.3, -0.25) is 0 Å². The Bertz CT molecular complexity index is 246. The maximum absolute atomic E-state index is 3.89. The molecule has 0 aromatic rings. The lowest BCUT2D eigenvalue weighted by Gasteiger charge is -2.01. The highest BCUT2D eigenvalue weighted by molar-refractivity contribution is 5.22. The number of nitrogens with one attached hydrogen (secondary N) is 1. The van der Waals surface area contributed by atoms with Gasteiger partial charge in [-0.25, -0.2) is 0 Å². The molecule has 0 bridgehead atoms. The zero-order valence-electron chi connectivity index (χ0n) is 10.1. The Labute approximate surface area is 94.3 Å². The fourth-order valence-electron chi connectivity index (χ4n) is 1.24. The predicted molar refractivity (Wildman–Crippen MR) is 69.8 cm³/mol. The SMILES string of the molecule is C=C/C=C(\C=C/CCCC(=C)NC)CC. The molecule has 0 spiro atoms. The average Bonchev–Trinajstić information content (AvgIpc) is 2.26. The molecule has 0 aromatic carbocycles. The fourth-order valence-corrected chi connectivity index (χ4v) is 1.24. The Morgan fingerprint density at radius 3 is 2.67 bits per heavy atom. The van der Waals surface area contributed by atoms with Gasteiger partial charge in [-0.05, 0) is 31.3 Å². The van der Waals surface area contributed by atoms with E-state index in [1.165, 1.54) is 5.57 Å². The van der Waals surface area contributed by atoms with Gasteiger partial charge < -0.3 is 5.32 Å². The molecule has 0 amide bonds. The van der Waals surface area contributed by atoms with E-state index in [1.807, 2.05) is 13.1 Å². The second kappa shape index (κ2) is 9.32. The summed E-state index contributed by atoms with van der Waals surface area (Å²) in [7, 11) is 1.92. The second-order valence-electron chi connectivity index (χ2n) is 3.48. The molecular formula is C14H23N. The lowest BCUT2D eigenvalue weighted by molar-refractivity contribution is 0.777. The lowest BCUT2D eigenvalue weighted by Crippen LogP contribution is -2.03. The van der Waals surface area contributed by atoms with Gasteiger partial charge in [0.1, 0.15) is 0 Å². The molecule has 0 aromatic heterocycles. The van der Waals surface area contributed by atoms with Crippen LogP contribution >= 0.6 is 0 Å². The monoisotopic (exact) mass is 205 g/mol. The Balaban J connectivity index is 3.74. The number of unbranched alkanes of at least 4 members (excludes halogenated alkanes) is 1. The van der Waals surface area contributed by atoms with Crippen LogP contribution in [0.3, 0.4) is 0 Å². The molecule has 0 atom stereocenters. The van der Waals surface area contributed by atoms with Gasteiger partial charge in [0, 0.05) is 12.7 Å². The molecule has 0 rings (SSSR count). The van der Waals surface area contributed by atoms with Crippen LogP contribution in [0.4, 0.5) is 0 Å². The topological polar surface area (TPSA) is 12.0 Å². The highest BCUT2D eigenvalue weighted by Crippen LogP contribution is 2.06. The first-order chi connectivity index (χ1) is 7.24. The third-order valence-electron chi connectivity index (χ3n) is 2.28. The normalized spacial score (nSPS) is 11.7. The minimum absolute atomic E-state index is 1.05. The summed E-state index contributed by atoms with van der Waals surface area (Å²) in [5, 5.41) is 3.05. The largest absolute Gasteiger partial charge is 0.392 e.